The van der Waals surface area contributed by atoms with Gasteiger partial charge >= 0.3 is 5.69 Å². The van der Waals surface area contributed by atoms with Crippen molar-refractivity contribution in [1.82, 2.24) is 9.55 Å². The lowest BCUT2D eigenvalue weighted by Gasteiger charge is -2.16. The van der Waals surface area contributed by atoms with Gasteiger partial charge in [-0.3, -0.25) is 9.78 Å². The zero-order chi connectivity index (χ0) is 17.7. The Bertz CT molecular complexity index is 724. The lowest BCUT2D eigenvalue weighted by molar-refractivity contribution is -0.169. The molecule has 0 unspecified atom stereocenters. The largest absolute Gasteiger partial charge is 0.394 e. The van der Waals surface area contributed by atoms with Gasteiger partial charge in [0.15, 0.2) is 6.29 Å². The molecule has 1 fully saturated rings. The molecule has 1 saturated heterocycles. The SMILES string of the molecule is Cc1cn(CCCO[C@@H]2O[C@H](CO)[C@@H](N=[N+]=[N-])[C@H]2O)c(=O)[nH]c1=O. The zero-order valence-electron chi connectivity index (χ0n) is 13.0. The molecular weight excluding hydrogens is 322 g/mol. The van der Waals surface area contributed by atoms with Gasteiger partial charge in [-0.1, -0.05) is 5.11 Å². The van der Waals surface area contributed by atoms with Gasteiger partial charge in [-0.05, 0) is 18.9 Å². The van der Waals surface area contributed by atoms with Crippen LogP contribution in [0, 0.1) is 6.92 Å². The van der Waals surface area contributed by atoms with E-state index in [-0.39, 0.29) is 6.61 Å². The van der Waals surface area contributed by atoms with Crippen molar-refractivity contribution in [2.24, 2.45) is 5.11 Å². The number of rotatable bonds is 7. The minimum atomic E-state index is -1.18. The van der Waals surface area contributed by atoms with Crippen LogP contribution in [0.5, 0.6) is 0 Å². The Labute approximate surface area is 136 Å². The van der Waals surface area contributed by atoms with Gasteiger partial charge in [0.1, 0.15) is 6.10 Å². The van der Waals surface area contributed by atoms with Crippen molar-refractivity contribution >= 4 is 0 Å². The highest BCUT2D eigenvalue weighted by Gasteiger charge is 2.43. The molecule has 0 aliphatic carbocycles. The molecule has 1 aliphatic heterocycles. The van der Waals surface area contributed by atoms with Gasteiger partial charge in [0, 0.05) is 23.2 Å². The Balaban J connectivity index is 1.87. The molecule has 11 heteroatoms. The molecule has 0 radical (unpaired) electrons. The summed E-state index contributed by atoms with van der Waals surface area (Å²) < 4.78 is 12.0. The van der Waals surface area contributed by atoms with Crippen molar-refractivity contribution in [3.05, 3.63) is 43.0 Å². The first kappa shape index (κ1) is 18.2. The molecule has 0 amide bonds. The molecule has 1 aliphatic rings. The molecule has 0 spiro atoms. The van der Waals surface area contributed by atoms with Gasteiger partial charge in [0.25, 0.3) is 5.56 Å². The van der Waals surface area contributed by atoms with Gasteiger partial charge in [0.05, 0.1) is 25.4 Å². The molecule has 0 aromatic carbocycles. The van der Waals surface area contributed by atoms with Crippen LogP contribution in [0.15, 0.2) is 20.9 Å². The van der Waals surface area contributed by atoms with Crippen molar-refractivity contribution < 1.29 is 19.7 Å². The minimum absolute atomic E-state index is 0.160. The second-order valence-corrected chi connectivity index (χ2v) is 5.40. The average molecular weight is 341 g/mol. The first-order valence-corrected chi connectivity index (χ1v) is 7.38. The van der Waals surface area contributed by atoms with Crippen LogP contribution in [-0.2, 0) is 16.0 Å². The summed E-state index contributed by atoms with van der Waals surface area (Å²) >= 11 is 0. The van der Waals surface area contributed by atoms with E-state index < -0.39 is 42.4 Å². The highest BCUT2D eigenvalue weighted by molar-refractivity contribution is 5.00. The van der Waals surface area contributed by atoms with Crippen LogP contribution in [0.2, 0.25) is 0 Å². The summed E-state index contributed by atoms with van der Waals surface area (Å²) in [5, 5.41) is 22.5. The fourth-order valence-corrected chi connectivity index (χ4v) is 2.42. The van der Waals surface area contributed by atoms with E-state index in [2.05, 4.69) is 15.0 Å². The Morgan fingerprint density at radius 2 is 2.29 bits per heavy atom. The van der Waals surface area contributed by atoms with E-state index in [0.29, 0.717) is 18.5 Å². The summed E-state index contributed by atoms with van der Waals surface area (Å²) in [7, 11) is 0. The Morgan fingerprint density at radius 1 is 1.54 bits per heavy atom. The molecule has 24 heavy (non-hydrogen) atoms. The van der Waals surface area contributed by atoms with E-state index in [9.17, 15) is 14.7 Å². The highest BCUT2D eigenvalue weighted by atomic mass is 16.7. The molecule has 0 bridgehead atoms. The number of aliphatic hydroxyl groups excluding tert-OH is 2. The predicted octanol–water partition coefficient (Wildman–Crippen LogP) is -0.991. The van der Waals surface area contributed by atoms with Crippen LogP contribution < -0.4 is 11.2 Å². The van der Waals surface area contributed by atoms with Crippen molar-refractivity contribution in [2.75, 3.05) is 13.2 Å². The Hall–Kier alpha value is -2.17. The van der Waals surface area contributed by atoms with Crippen molar-refractivity contribution in [3.63, 3.8) is 0 Å². The fraction of sp³-hybridized carbons (Fsp3) is 0.692. The summed E-state index contributed by atoms with van der Waals surface area (Å²) in [5.41, 5.74) is 7.96. The smallest absolute Gasteiger partial charge is 0.328 e. The summed E-state index contributed by atoms with van der Waals surface area (Å²) in [6.07, 6.45) is -1.15. The third-order valence-electron chi connectivity index (χ3n) is 3.70. The van der Waals surface area contributed by atoms with Gasteiger partial charge in [0.2, 0.25) is 0 Å². The molecule has 1 aromatic heterocycles. The molecule has 2 rings (SSSR count). The van der Waals surface area contributed by atoms with Gasteiger partial charge < -0.3 is 24.3 Å². The quantitative estimate of drug-likeness (QED) is 0.249. The van der Waals surface area contributed by atoms with Gasteiger partial charge in [-0.2, -0.15) is 0 Å². The number of ether oxygens (including phenoxy) is 2. The van der Waals surface area contributed by atoms with Crippen molar-refractivity contribution in [1.29, 1.82) is 0 Å². The van der Waals surface area contributed by atoms with E-state index >= 15 is 0 Å². The van der Waals surface area contributed by atoms with Gasteiger partial charge in [-0.15, -0.1) is 0 Å². The maximum absolute atomic E-state index is 11.6. The Morgan fingerprint density at radius 3 is 2.96 bits per heavy atom. The minimum Gasteiger partial charge on any atom is -0.394 e. The third-order valence-corrected chi connectivity index (χ3v) is 3.70. The number of nitrogens with zero attached hydrogens (tertiary/aromatic N) is 4. The lowest BCUT2D eigenvalue weighted by Crippen LogP contribution is -2.33. The normalized spacial score (nSPS) is 26.3. The number of aliphatic hydroxyl groups is 2. The van der Waals surface area contributed by atoms with Crippen LogP contribution in [0.3, 0.4) is 0 Å². The molecule has 11 nitrogen and oxygen atoms in total. The molecule has 2 heterocycles. The lowest BCUT2D eigenvalue weighted by atomic mass is 10.1. The monoisotopic (exact) mass is 341 g/mol. The number of H-pyrrole nitrogens is 1. The first-order valence-electron chi connectivity index (χ1n) is 7.38. The number of hydrogen-bond donors (Lipinski definition) is 3. The van der Waals surface area contributed by atoms with Crippen LogP contribution in [-0.4, -0.2) is 57.5 Å². The number of azide groups is 1. The summed E-state index contributed by atoms with van der Waals surface area (Å²) in [5.74, 6) is 0. The molecule has 132 valence electrons. The fourth-order valence-electron chi connectivity index (χ4n) is 2.42. The predicted molar refractivity (Wildman–Crippen MR) is 81.3 cm³/mol. The Kier molecular flexibility index (Phi) is 6.12. The maximum Gasteiger partial charge on any atom is 0.328 e. The first-order chi connectivity index (χ1) is 11.5. The summed E-state index contributed by atoms with van der Waals surface area (Å²) in [4.78, 5) is 27.7. The van der Waals surface area contributed by atoms with Crippen LogP contribution in [0.1, 0.15) is 12.0 Å². The molecule has 4 atom stereocenters. The topological polar surface area (TPSA) is 163 Å². The number of nitrogens with one attached hydrogen (secondary N) is 1. The number of hydrogen-bond acceptors (Lipinski definition) is 7. The number of aromatic nitrogens is 2. The second kappa shape index (κ2) is 8.08. The summed E-state index contributed by atoms with van der Waals surface area (Å²) in [6, 6.07) is -0.922. The van der Waals surface area contributed by atoms with E-state index in [4.69, 9.17) is 20.1 Å². The zero-order valence-corrected chi connectivity index (χ0v) is 13.0. The van der Waals surface area contributed by atoms with Crippen LogP contribution >= 0.6 is 0 Å². The van der Waals surface area contributed by atoms with E-state index in [1.807, 2.05) is 0 Å². The third kappa shape index (κ3) is 4.02. The average Bonchev–Trinajstić information content (AvgIpc) is 2.85. The van der Waals surface area contributed by atoms with Crippen molar-refractivity contribution in [3.8, 4) is 0 Å². The molecule has 3 N–H and O–H groups in total. The van der Waals surface area contributed by atoms with Gasteiger partial charge in [-0.25, -0.2) is 4.79 Å². The van der Waals surface area contributed by atoms with Crippen LogP contribution in [0.4, 0.5) is 0 Å². The standard InChI is InChI=1S/C13H19N5O6/c1-7-5-18(13(22)15-11(7)21)3-2-4-23-12-10(20)9(16-17-14)8(6-19)24-12/h5,8-10,12,19-20H,2-4,6H2,1H3,(H,15,21,22)/t8-,9-,10-,12-/m1/s1. The van der Waals surface area contributed by atoms with Crippen molar-refractivity contribution in [2.45, 2.75) is 44.4 Å². The van der Waals surface area contributed by atoms with E-state index in [1.165, 1.54) is 10.8 Å². The van der Waals surface area contributed by atoms with Crippen LogP contribution in [0.25, 0.3) is 10.4 Å². The molecular formula is C13H19N5O6. The van der Waals surface area contributed by atoms with E-state index in [1.54, 1.807) is 6.92 Å². The molecule has 1 aromatic rings. The number of aryl methyl sites for hydroxylation is 2. The summed E-state index contributed by atoms with van der Waals surface area (Å²) in [6.45, 7) is 1.65. The van der Waals surface area contributed by atoms with E-state index in [0.717, 1.165) is 0 Å². The molecule has 0 saturated carbocycles. The maximum atomic E-state index is 11.6. The number of aromatic amines is 1. The highest BCUT2D eigenvalue weighted by Crippen LogP contribution is 2.25. The second-order valence-electron chi connectivity index (χ2n) is 5.40.